The molecular weight excluding hydrogens is 1230 g/mol. The number of hydrogen-bond donors (Lipinski definition) is 2. The van der Waals surface area contributed by atoms with Gasteiger partial charge in [0.2, 0.25) is 0 Å². The van der Waals surface area contributed by atoms with Crippen LogP contribution < -0.4 is 16.0 Å². The van der Waals surface area contributed by atoms with E-state index in [-0.39, 0.29) is 0 Å². The van der Waals surface area contributed by atoms with Gasteiger partial charge in [-0.25, -0.2) is 9.97 Å². The summed E-state index contributed by atoms with van der Waals surface area (Å²) >= 11 is 4.89. The van der Waals surface area contributed by atoms with Crippen LogP contribution in [0.15, 0.2) is 110 Å². The molecule has 12 rings (SSSR count). The number of pyridine rings is 2. The Kier molecular flexibility index (Phi) is 16.9. The molecule has 0 radical (unpaired) electrons. The Balaban J connectivity index is 0.000000179. The molecule has 408 valence electrons. The molecule has 13 nitrogen and oxygen atoms in total. The van der Waals surface area contributed by atoms with Crippen molar-refractivity contribution in [2.45, 2.75) is 133 Å². The van der Waals surface area contributed by atoms with Crippen LogP contribution in [-0.4, -0.2) is 94.1 Å². The molecule has 0 spiro atoms. The number of hydrogen-bond acceptors (Lipinski definition) is 11. The summed E-state index contributed by atoms with van der Waals surface area (Å²) in [5, 5.41) is 13.3. The molecule has 2 aromatic carbocycles. The number of nitrogens with zero attached hydrogens (tertiary/aromatic N) is 9. The number of benzene rings is 2. The summed E-state index contributed by atoms with van der Waals surface area (Å²) in [4.78, 5) is 22.4. The molecule has 2 saturated carbocycles. The normalized spacial score (nSPS) is 21.0. The van der Waals surface area contributed by atoms with E-state index < -0.39 is 16.1 Å². The third-order valence-electron chi connectivity index (χ3n) is 16.4. The number of nitrogen functional groups attached to an aromatic ring is 1. The fourth-order valence-electron chi connectivity index (χ4n) is 12.2. The average Bonchev–Trinajstić information content (AvgIpc) is 4.24. The Labute approximate surface area is 489 Å². The Morgan fingerprint density at radius 1 is 0.564 bits per heavy atom. The minimum atomic E-state index is -1.22. The van der Waals surface area contributed by atoms with Crippen LogP contribution in [0.3, 0.4) is 0 Å². The maximum atomic E-state index is 6.52. The maximum absolute atomic E-state index is 6.52. The first-order valence-electron chi connectivity index (χ1n) is 28.2. The molecule has 4 fully saturated rings. The number of rotatable bonds is 17. The van der Waals surface area contributed by atoms with E-state index in [0.29, 0.717) is 43.2 Å². The molecule has 4 bridgehead atoms. The van der Waals surface area contributed by atoms with Gasteiger partial charge in [-0.1, -0.05) is 125 Å². The fourth-order valence-corrected chi connectivity index (χ4v) is 15.6. The fraction of sp³-hybridized carbons (Fsp3) is 0.443. The standard InChI is InChI=1S/C37H52IN5O2Si2.C24H23IN6/c1-46(2,3)18-16-44-25-42(26-45-17-19-47(4,5)6)37-34(38)35(31-21-27-12-13-28(20-27)22-31)41-36-32(24-40-43(36)37)30-14-15-33(39-23-30)29-10-8-7-9-11-29;25-21-22(16-10-17-7-8-18(11-16)29-17)30-24-19(13-28-31(24)23(21)26)15-6-9-20(27-12-15)14-4-2-1-3-5-14/h7-11,14-15,23-24,27-28,31H,12-13,16-22,25-26H2,1-6H3;1-6,9,12-13,16-18,29H,7-8,10-11,26H2/t27-,28+,31?;16?,17-,18+. The highest BCUT2D eigenvalue weighted by molar-refractivity contribution is 14.1. The zero-order chi connectivity index (χ0) is 54.1. The molecule has 6 aromatic heterocycles. The van der Waals surface area contributed by atoms with Gasteiger partial charge < -0.3 is 25.4 Å². The van der Waals surface area contributed by atoms with E-state index >= 15 is 0 Å². The Bertz CT molecular complexity index is 3280. The molecule has 8 heterocycles. The smallest absolute Gasteiger partial charge is 0.165 e. The number of ether oxygens (including phenoxy) is 2. The van der Waals surface area contributed by atoms with Gasteiger partial charge in [-0.05, 0) is 126 Å². The second kappa shape index (κ2) is 23.8. The summed E-state index contributed by atoms with van der Waals surface area (Å²) in [6.45, 7) is 16.9. The maximum Gasteiger partial charge on any atom is 0.165 e. The third-order valence-corrected chi connectivity index (χ3v) is 22.0. The lowest BCUT2D eigenvalue weighted by Crippen LogP contribution is -2.37. The number of anilines is 2. The average molecular weight is 1300 g/mol. The van der Waals surface area contributed by atoms with Crippen molar-refractivity contribution in [2.75, 3.05) is 37.3 Å². The van der Waals surface area contributed by atoms with Gasteiger partial charge in [0.15, 0.2) is 17.1 Å². The molecule has 2 aliphatic heterocycles. The van der Waals surface area contributed by atoms with Crippen molar-refractivity contribution >= 4 is 84.3 Å². The van der Waals surface area contributed by atoms with Crippen LogP contribution in [0, 0.1) is 19.0 Å². The quantitative estimate of drug-likeness (QED) is 0.0389. The van der Waals surface area contributed by atoms with E-state index in [9.17, 15) is 0 Å². The largest absolute Gasteiger partial charge is 0.383 e. The molecule has 2 aliphatic carbocycles. The minimum Gasteiger partial charge on any atom is -0.383 e. The predicted octanol–water partition coefficient (Wildman–Crippen LogP) is 14.4. The van der Waals surface area contributed by atoms with Crippen LogP contribution in [0.2, 0.25) is 51.4 Å². The Morgan fingerprint density at radius 3 is 1.53 bits per heavy atom. The molecular formula is C61H75I2N11O2Si2. The summed E-state index contributed by atoms with van der Waals surface area (Å²) < 4.78 is 18.8. The lowest BCUT2D eigenvalue weighted by molar-refractivity contribution is 0.0940. The van der Waals surface area contributed by atoms with Gasteiger partial charge in [-0.15, -0.1) is 0 Å². The highest BCUT2D eigenvalue weighted by Crippen LogP contribution is 2.50. The molecule has 2 saturated heterocycles. The van der Waals surface area contributed by atoms with E-state index in [1.54, 1.807) is 4.52 Å². The van der Waals surface area contributed by atoms with Gasteiger partial charge in [0, 0.05) is 99.1 Å². The predicted molar refractivity (Wildman–Crippen MR) is 338 cm³/mol. The highest BCUT2D eigenvalue weighted by atomic mass is 127. The molecule has 3 N–H and O–H groups in total. The monoisotopic (exact) mass is 1300 g/mol. The second-order valence-electron chi connectivity index (χ2n) is 24.8. The van der Waals surface area contributed by atoms with E-state index in [2.05, 4.69) is 165 Å². The summed E-state index contributed by atoms with van der Waals surface area (Å²) in [7, 11) is -2.44. The first-order valence-corrected chi connectivity index (χ1v) is 37.8. The van der Waals surface area contributed by atoms with Gasteiger partial charge in [-0.2, -0.15) is 19.2 Å². The van der Waals surface area contributed by atoms with Crippen LogP contribution in [0.25, 0.3) is 56.1 Å². The minimum absolute atomic E-state index is 0.444. The number of aromatic nitrogens is 8. The van der Waals surface area contributed by atoms with Crippen molar-refractivity contribution < 1.29 is 9.47 Å². The van der Waals surface area contributed by atoms with E-state index in [4.69, 9.17) is 35.3 Å². The topological polar surface area (TPSA) is 146 Å². The molecule has 6 atom stereocenters. The van der Waals surface area contributed by atoms with E-state index in [1.807, 2.05) is 53.6 Å². The summed E-state index contributed by atoms with van der Waals surface area (Å²) in [6.07, 6.45) is 19.1. The van der Waals surface area contributed by atoms with Crippen molar-refractivity contribution in [3.8, 4) is 44.8 Å². The zero-order valence-electron chi connectivity index (χ0n) is 46.1. The number of halogens is 2. The first kappa shape index (κ1) is 55.3. The van der Waals surface area contributed by atoms with Crippen molar-refractivity contribution in [3.05, 3.63) is 128 Å². The van der Waals surface area contributed by atoms with E-state index in [1.165, 1.54) is 54.2 Å². The van der Waals surface area contributed by atoms with Crippen LogP contribution >= 0.6 is 45.2 Å². The molecule has 8 aromatic rings. The highest BCUT2D eigenvalue weighted by Gasteiger charge is 2.39. The van der Waals surface area contributed by atoms with Crippen LogP contribution in [0.4, 0.5) is 11.6 Å². The third kappa shape index (κ3) is 12.6. The lowest BCUT2D eigenvalue weighted by Gasteiger charge is -2.31. The van der Waals surface area contributed by atoms with E-state index in [0.717, 1.165) is 121 Å². The summed E-state index contributed by atoms with van der Waals surface area (Å²) in [5.74, 6) is 4.25. The SMILES string of the molecule is C[Si](C)(C)CCOCN(COCC[Si](C)(C)C)c1c(I)c(C2C[C@H]3CC[C@@H](C2)C3)nc2c(-c3ccc(-c4ccccc4)nc3)cnn12.Nc1c(I)c(C2C[C@H]3CC[C@@H](C2)N3)nc2c(-c3ccc(-c4ccccc4)nc3)cnn12. The van der Waals surface area contributed by atoms with Gasteiger partial charge >= 0.3 is 0 Å². The zero-order valence-corrected chi connectivity index (χ0v) is 52.5. The molecule has 4 aliphatic rings. The van der Waals surface area contributed by atoms with Crippen LogP contribution in [0.5, 0.6) is 0 Å². The number of nitrogens with one attached hydrogen (secondary N) is 1. The molecule has 78 heavy (non-hydrogen) atoms. The number of fused-ring (bicyclic) bond motifs is 6. The Morgan fingerprint density at radius 2 is 1.04 bits per heavy atom. The van der Waals surface area contributed by atoms with Crippen molar-refractivity contribution in [1.82, 2.24) is 44.5 Å². The summed E-state index contributed by atoms with van der Waals surface area (Å²) in [5.41, 5.74) is 18.7. The van der Waals surface area contributed by atoms with Gasteiger partial charge in [0.1, 0.15) is 19.3 Å². The van der Waals surface area contributed by atoms with Gasteiger partial charge in [-0.3, -0.25) is 9.97 Å². The Hall–Kier alpha value is -4.65. The van der Waals surface area contributed by atoms with Crippen molar-refractivity contribution in [2.24, 2.45) is 11.8 Å². The van der Waals surface area contributed by atoms with Crippen molar-refractivity contribution in [3.63, 3.8) is 0 Å². The van der Waals surface area contributed by atoms with Gasteiger partial charge in [0.25, 0.3) is 0 Å². The molecule has 17 heteroatoms. The summed E-state index contributed by atoms with van der Waals surface area (Å²) in [6, 6.07) is 32.4. The second-order valence-corrected chi connectivity index (χ2v) is 38.2. The van der Waals surface area contributed by atoms with Crippen molar-refractivity contribution in [1.29, 1.82) is 0 Å². The molecule has 0 amide bonds. The van der Waals surface area contributed by atoms with Crippen LogP contribution in [-0.2, 0) is 9.47 Å². The first-order chi connectivity index (χ1) is 37.6. The van der Waals surface area contributed by atoms with Crippen LogP contribution in [0.1, 0.15) is 81.0 Å². The number of piperidine rings is 1. The lowest BCUT2D eigenvalue weighted by atomic mass is 9.79. The number of nitrogens with two attached hydrogens (primary N) is 1. The van der Waals surface area contributed by atoms with Gasteiger partial charge in [0.05, 0.1) is 42.3 Å². The molecule has 2 unspecified atom stereocenters.